The molecule has 0 spiro atoms. The van der Waals surface area contributed by atoms with Gasteiger partial charge in [0, 0.05) is 18.1 Å². The predicted molar refractivity (Wildman–Crippen MR) is 64.8 cm³/mol. The number of hydrogen-bond acceptors (Lipinski definition) is 3. The first-order chi connectivity index (χ1) is 7.95. The number of aliphatic carboxylic acids is 1. The Hall–Kier alpha value is -0.970. The Morgan fingerprint density at radius 2 is 2.06 bits per heavy atom. The molecule has 1 aromatic carbocycles. The molecule has 0 amide bonds. The van der Waals surface area contributed by atoms with E-state index < -0.39 is 12.1 Å². The standard InChI is InChI=1S/C11H12Cl2O4/c1-17-10-5-7(12)6(4-8(10)13)9(14)2-3-11(15)16/h4-5,9,14H,2-3H2,1H3,(H,15,16). The second kappa shape index (κ2) is 6.10. The Morgan fingerprint density at radius 3 is 2.59 bits per heavy atom. The van der Waals surface area contributed by atoms with E-state index in [1.807, 2.05) is 0 Å². The molecule has 4 nitrogen and oxygen atoms in total. The van der Waals surface area contributed by atoms with E-state index in [1.165, 1.54) is 19.2 Å². The van der Waals surface area contributed by atoms with Crippen molar-refractivity contribution in [3.63, 3.8) is 0 Å². The minimum Gasteiger partial charge on any atom is -0.495 e. The number of ether oxygens (including phenoxy) is 1. The topological polar surface area (TPSA) is 66.8 Å². The molecule has 0 aliphatic rings. The van der Waals surface area contributed by atoms with Crippen LogP contribution in [0, 0.1) is 0 Å². The number of carboxylic acid groups (broad SMARTS) is 1. The highest BCUT2D eigenvalue weighted by atomic mass is 35.5. The normalized spacial score (nSPS) is 12.2. The van der Waals surface area contributed by atoms with Crippen molar-refractivity contribution in [3.05, 3.63) is 27.7 Å². The van der Waals surface area contributed by atoms with Crippen molar-refractivity contribution < 1.29 is 19.7 Å². The Labute approximate surface area is 109 Å². The Balaban J connectivity index is 2.90. The third kappa shape index (κ3) is 3.77. The van der Waals surface area contributed by atoms with Crippen molar-refractivity contribution in [2.45, 2.75) is 18.9 Å². The molecule has 17 heavy (non-hydrogen) atoms. The summed E-state index contributed by atoms with van der Waals surface area (Å²) < 4.78 is 4.97. The van der Waals surface area contributed by atoms with Crippen molar-refractivity contribution in [2.24, 2.45) is 0 Å². The summed E-state index contributed by atoms with van der Waals surface area (Å²) in [5.74, 6) is -0.564. The summed E-state index contributed by atoms with van der Waals surface area (Å²) in [6.07, 6.45) is -1.01. The average Bonchev–Trinajstić information content (AvgIpc) is 2.28. The molecule has 94 valence electrons. The van der Waals surface area contributed by atoms with E-state index in [9.17, 15) is 9.90 Å². The van der Waals surface area contributed by atoms with Crippen LogP contribution in [0.5, 0.6) is 5.75 Å². The molecule has 1 atom stereocenters. The van der Waals surface area contributed by atoms with Crippen LogP contribution in [-0.4, -0.2) is 23.3 Å². The largest absolute Gasteiger partial charge is 0.495 e. The second-order valence-corrected chi connectivity index (χ2v) is 4.27. The molecule has 0 aromatic heterocycles. The number of carbonyl (C=O) groups is 1. The monoisotopic (exact) mass is 278 g/mol. The maximum atomic E-state index is 10.4. The molecule has 0 saturated carbocycles. The SMILES string of the molecule is COc1cc(Cl)c(C(O)CCC(=O)O)cc1Cl. The minimum absolute atomic E-state index is 0.0811. The number of aliphatic hydroxyl groups excluding tert-OH is 1. The number of benzene rings is 1. The zero-order valence-electron chi connectivity index (χ0n) is 9.11. The van der Waals surface area contributed by atoms with Crippen molar-refractivity contribution in [2.75, 3.05) is 7.11 Å². The first-order valence-electron chi connectivity index (χ1n) is 4.88. The summed E-state index contributed by atoms with van der Waals surface area (Å²) in [6, 6.07) is 2.97. The van der Waals surface area contributed by atoms with Crippen LogP contribution in [0.3, 0.4) is 0 Å². The third-order valence-corrected chi connectivity index (χ3v) is 2.88. The van der Waals surface area contributed by atoms with Crippen molar-refractivity contribution in [1.29, 1.82) is 0 Å². The lowest BCUT2D eigenvalue weighted by Gasteiger charge is -2.13. The van der Waals surface area contributed by atoms with Gasteiger partial charge in [-0.1, -0.05) is 23.2 Å². The predicted octanol–water partition coefficient (Wildman–Crippen LogP) is 2.90. The zero-order chi connectivity index (χ0) is 13.0. The van der Waals surface area contributed by atoms with Gasteiger partial charge in [-0.25, -0.2) is 0 Å². The van der Waals surface area contributed by atoms with Crippen LogP contribution in [0.4, 0.5) is 0 Å². The number of methoxy groups -OCH3 is 1. The van der Waals surface area contributed by atoms with Gasteiger partial charge >= 0.3 is 5.97 Å². The molecule has 0 heterocycles. The number of aliphatic hydroxyl groups is 1. The number of hydrogen-bond donors (Lipinski definition) is 2. The van der Waals surface area contributed by atoms with Gasteiger partial charge in [-0.15, -0.1) is 0 Å². The molecule has 6 heteroatoms. The van der Waals surface area contributed by atoms with Crippen molar-refractivity contribution >= 4 is 29.2 Å². The maximum absolute atomic E-state index is 10.4. The van der Waals surface area contributed by atoms with Crippen LogP contribution in [0.25, 0.3) is 0 Å². The Bertz CT molecular complexity index is 420. The molecule has 1 unspecified atom stereocenters. The highest BCUT2D eigenvalue weighted by molar-refractivity contribution is 6.34. The molecule has 1 aromatic rings. The van der Waals surface area contributed by atoms with E-state index in [1.54, 1.807) is 0 Å². The van der Waals surface area contributed by atoms with Gasteiger partial charge in [-0.3, -0.25) is 4.79 Å². The second-order valence-electron chi connectivity index (χ2n) is 3.46. The maximum Gasteiger partial charge on any atom is 0.303 e. The molecular formula is C11H12Cl2O4. The molecule has 0 bridgehead atoms. The molecule has 0 aliphatic heterocycles. The van der Waals surface area contributed by atoms with E-state index in [0.29, 0.717) is 21.4 Å². The minimum atomic E-state index is -0.972. The lowest BCUT2D eigenvalue weighted by Crippen LogP contribution is -2.03. The highest BCUT2D eigenvalue weighted by Gasteiger charge is 2.16. The van der Waals surface area contributed by atoms with E-state index in [4.69, 9.17) is 33.0 Å². The fourth-order valence-corrected chi connectivity index (χ4v) is 1.90. The lowest BCUT2D eigenvalue weighted by atomic mass is 10.0. The van der Waals surface area contributed by atoms with Crippen LogP contribution >= 0.6 is 23.2 Å². The van der Waals surface area contributed by atoms with Gasteiger partial charge < -0.3 is 14.9 Å². The van der Waals surface area contributed by atoms with Gasteiger partial charge in [0.05, 0.1) is 23.3 Å². The summed E-state index contributed by atoms with van der Waals surface area (Å²) in [6.45, 7) is 0. The van der Waals surface area contributed by atoms with Crippen LogP contribution in [0.1, 0.15) is 24.5 Å². The van der Waals surface area contributed by atoms with E-state index in [2.05, 4.69) is 0 Å². The summed E-state index contributed by atoms with van der Waals surface area (Å²) in [7, 11) is 1.46. The molecule has 2 N–H and O–H groups in total. The van der Waals surface area contributed by atoms with Gasteiger partial charge in [0.1, 0.15) is 5.75 Å². The first-order valence-corrected chi connectivity index (χ1v) is 5.64. The van der Waals surface area contributed by atoms with Gasteiger partial charge in [0.25, 0.3) is 0 Å². The van der Waals surface area contributed by atoms with Gasteiger partial charge in [0.2, 0.25) is 0 Å². The van der Waals surface area contributed by atoms with Crippen LogP contribution in [0.2, 0.25) is 10.0 Å². The first kappa shape index (κ1) is 14.1. The summed E-state index contributed by atoms with van der Waals surface area (Å²) >= 11 is 11.8. The number of carboxylic acids is 1. The van der Waals surface area contributed by atoms with Crippen molar-refractivity contribution in [1.82, 2.24) is 0 Å². The quantitative estimate of drug-likeness (QED) is 0.869. The Kier molecular flexibility index (Phi) is 5.05. The third-order valence-electron chi connectivity index (χ3n) is 2.26. The molecule has 0 aliphatic carbocycles. The van der Waals surface area contributed by atoms with Crippen LogP contribution in [-0.2, 0) is 4.79 Å². The lowest BCUT2D eigenvalue weighted by molar-refractivity contribution is -0.137. The van der Waals surface area contributed by atoms with Gasteiger partial charge in [-0.2, -0.15) is 0 Å². The van der Waals surface area contributed by atoms with E-state index in [0.717, 1.165) is 0 Å². The molecule has 0 saturated heterocycles. The van der Waals surface area contributed by atoms with Crippen LogP contribution < -0.4 is 4.74 Å². The Morgan fingerprint density at radius 1 is 1.41 bits per heavy atom. The molecule has 1 rings (SSSR count). The van der Waals surface area contributed by atoms with E-state index in [-0.39, 0.29) is 12.8 Å². The van der Waals surface area contributed by atoms with Gasteiger partial charge in [0.15, 0.2) is 0 Å². The number of halogens is 2. The van der Waals surface area contributed by atoms with Gasteiger partial charge in [-0.05, 0) is 12.5 Å². The summed E-state index contributed by atoms with van der Waals surface area (Å²) in [5.41, 5.74) is 0.402. The highest BCUT2D eigenvalue weighted by Crippen LogP contribution is 2.35. The fourth-order valence-electron chi connectivity index (χ4n) is 1.37. The summed E-state index contributed by atoms with van der Waals surface area (Å²) in [5, 5.41) is 18.9. The number of rotatable bonds is 5. The molecule has 0 radical (unpaired) electrons. The van der Waals surface area contributed by atoms with E-state index >= 15 is 0 Å². The molecular weight excluding hydrogens is 267 g/mol. The summed E-state index contributed by atoms with van der Waals surface area (Å²) in [4.78, 5) is 10.4. The smallest absolute Gasteiger partial charge is 0.303 e. The molecule has 0 fully saturated rings. The van der Waals surface area contributed by atoms with Crippen molar-refractivity contribution in [3.8, 4) is 5.75 Å². The zero-order valence-corrected chi connectivity index (χ0v) is 10.6. The van der Waals surface area contributed by atoms with Crippen LogP contribution in [0.15, 0.2) is 12.1 Å². The fraction of sp³-hybridized carbons (Fsp3) is 0.364. The average molecular weight is 279 g/mol.